The first-order valence-electron chi connectivity index (χ1n) is 14.1. The quantitative estimate of drug-likeness (QED) is 0.0810. The Morgan fingerprint density at radius 3 is 2.36 bits per heavy atom. The fourth-order valence-electron chi connectivity index (χ4n) is 4.13. The van der Waals surface area contributed by atoms with E-state index in [0.717, 1.165) is 31.0 Å². The Kier molecular flexibility index (Phi) is 11.3. The predicted octanol–water partition coefficient (Wildman–Crippen LogP) is 9.48. The summed E-state index contributed by atoms with van der Waals surface area (Å²) in [6.45, 7) is 3.75. The van der Waals surface area contributed by atoms with E-state index < -0.39 is 16.5 Å². The van der Waals surface area contributed by atoms with Crippen LogP contribution in [0, 0.1) is 0 Å². The topological polar surface area (TPSA) is 130 Å². The average Bonchev–Trinajstić information content (AvgIpc) is 3.04. The molecule has 0 aliphatic heterocycles. The summed E-state index contributed by atoms with van der Waals surface area (Å²) < 4.78 is 4.14. The molecule has 242 valence electrons. The highest BCUT2D eigenvalue weighted by Gasteiger charge is 2.22. The normalized spacial score (nSPS) is 11.3. The smallest absolute Gasteiger partial charge is 0.411 e. The van der Waals surface area contributed by atoms with Crippen LogP contribution in [0.5, 0.6) is 0 Å². The molecule has 0 saturated carbocycles. The minimum Gasteiger partial charge on any atom is -0.445 e. The number of nitrogens with zero attached hydrogens (tertiary/aromatic N) is 3. The van der Waals surface area contributed by atoms with Gasteiger partial charge in [-0.2, -0.15) is 0 Å². The number of hydrogen-bond donors (Lipinski definition) is 4. The zero-order valence-electron chi connectivity index (χ0n) is 24.9. The minimum atomic E-state index is -1.71. The number of ether oxygens (including phenoxy) is 1. The lowest BCUT2D eigenvalue weighted by molar-refractivity contribution is 0.0962. The molecule has 0 bridgehead atoms. The predicted molar refractivity (Wildman–Crippen MR) is 192 cm³/mol. The van der Waals surface area contributed by atoms with Gasteiger partial charge in [0, 0.05) is 31.2 Å². The van der Waals surface area contributed by atoms with E-state index >= 15 is 0 Å². The van der Waals surface area contributed by atoms with Crippen LogP contribution in [0.1, 0.15) is 35.8 Å². The molecule has 0 aliphatic carbocycles. The third-order valence-corrected chi connectivity index (χ3v) is 8.40. The van der Waals surface area contributed by atoms with Crippen molar-refractivity contribution in [1.29, 1.82) is 0 Å². The van der Waals surface area contributed by atoms with Crippen LogP contribution in [0.4, 0.5) is 27.7 Å². The summed E-state index contributed by atoms with van der Waals surface area (Å²) in [6, 6.07) is 23.7. The molecule has 0 radical (unpaired) electrons. The van der Waals surface area contributed by atoms with E-state index in [-0.39, 0.29) is 11.8 Å². The number of pyridine rings is 1. The molecule has 15 heteroatoms. The highest BCUT2D eigenvalue weighted by Crippen LogP contribution is 2.37. The molecular formula is C32H27BrCl3N7O3S. The molecule has 3 aromatic carbocycles. The van der Waals surface area contributed by atoms with Gasteiger partial charge in [0.15, 0.2) is 5.65 Å². The fourth-order valence-corrected chi connectivity index (χ4v) is 5.44. The average molecular weight is 776 g/mol. The van der Waals surface area contributed by atoms with Gasteiger partial charge >= 0.3 is 6.09 Å². The van der Waals surface area contributed by atoms with Gasteiger partial charge in [-0.3, -0.25) is 21.0 Å². The number of carbonyl (C=O) groups is 2. The Bertz CT molecular complexity index is 1890. The number of alkyl halides is 3. The van der Waals surface area contributed by atoms with Gasteiger partial charge in [0.05, 0.1) is 16.8 Å². The summed E-state index contributed by atoms with van der Waals surface area (Å²) in [5, 5.41) is 6.73. The van der Waals surface area contributed by atoms with Gasteiger partial charge in [-0.25, -0.2) is 19.7 Å². The monoisotopic (exact) mass is 773 g/mol. The number of carbonyl (C=O) groups excluding carboxylic acids is 2. The zero-order valence-corrected chi connectivity index (χ0v) is 29.5. The number of fused-ring (bicyclic) bond motifs is 1. The molecular weight excluding hydrogens is 749 g/mol. The van der Waals surface area contributed by atoms with Crippen LogP contribution in [-0.2, 0) is 4.74 Å². The lowest BCUT2D eigenvalue weighted by Crippen LogP contribution is -2.29. The van der Waals surface area contributed by atoms with Crippen LogP contribution in [0.2, 0.25) is 0 Å². The summed E-state index contributed by atoms with van der Waals surface area (Å²) in [4.78, 5) is 40.5. The van der Waals surface area contributed by atoms with E-state index in [1.165, 1.54) is 18.1 Å². The van der Waals surface area contributed by atoms with Gasteiger partial charge in [0.2, 0.25) is 3.79 Å². The van der Waals surface area contributed by atoms with Gasteiger partial charge in [-0.15, -0.1) is 0 Å². The Labute approximate surface area is 298 Å². The number of amides is 2. The van der Waals surface area contributed by atoms with E-state index in [4.69, 9.17) is 44.5 Å². The number of rotatable bonds is 10. The van der Waals surface area contributed by atoms with E-state index in [9.17, 15) is 9.59 Å². The first-order chi connectivity index (χ1) is 22.4. The van der Waals surface area contributed by atoms with Crippen molar-refractivity contribution in [3.05, 3.63) is 101 Å². The van der Waals surface area contributed by atoms with Crippen LogP contribution in [0.25, 0.3) is 11.0 Å². The summed E-state index contributed by atoms with van der Waals surface area (Å²) in [7, 11) is 0. The molecule has 0 atom stereocenters. The first-order valence-corrected chi connectivity index (χ1v) is 16.8. The standard InChI is InChI=1S/C32H27BrCl3N7O3S/c1-18(2)25-13-12-24-28(40-25)37-17-38-29(24)41-26-15-19(30(44)43-42-22-6-4-20(33)5-7-22)3-14-27(26)47-23-10-8-21(9-11-23)39-31(45)46-16-32(34,35)36/h3-15,17-18,42H,16H2,1-2H3,(H,39,45)(H,43,44)(H,37,38,40,41). The number of aromatic nitrogens is 3. The molecule has 5 rings (SSSR count). The highest BCUT2D eigenvalue weighted by atomic mass is 79.9. The van der Waals surface area contributed by atoms with Crippen molar-refractivity contribution in [1.82, 2.24) is 20.4 Å². The highest BCUT2D eigenvalue weighted by molar-refractivity contribution is 9.10. The lowest BCUT2D eigenvalue weighted by atomic mass is 10.1. The molecule has 0 saturated heterocycles. The largest absolute Gasteiger partial charge is 0.445 e. The van der Waals surface area contributed by atoms with Crippen molar-refractivity contribution in [2.24, 2.45) is 0 Å². The summed E-state index contributed by atoms with van der Waals surface area (Å²) in [6.07, 6.45) is 0.705. The van der Waals surface area contributed by atoms with E-state index in [1.54, 1.807) is 24.3 Å². The molecule has 2 heterocycles. The van der Waals surface area contributed by atoms with Crippen molar-refractivity contribution >= 4 is 108 Å². The summed E-state index contributed by atoms with van der Waals surface area (Å²) in [5.74, 6) is 0.446. The maximum Gasteiger partial charge on any atom is 0.411 e. The second-order valence-corrected chi connectivity index (χ2v) is 14.9. The molecule has 47 heavy (non-hydrogen) atoms. The maximum absolute atomic E-state index is 13.2. The van der Waals surface area contributed by atoms with Gasteiger partial charge in [-0.05, 0) is 84.8 Å². The number of benzene rings is 3. The lowest BCUT2D eigenvalue weighted by Gasteiger charge is -2.15. The van der Waals surface area contributed by atoms with Crippen LogP contribution >= 0.6 is 62.5 Å². The van der Waals surface area contributed by atoms with Crippen LogP contribution < -0.4 is 21.5 Å². The molecule has 5 aromatic rings. The zero-order chi connectivity index (χ0) is 33.6. The Morgan fingerprint density at radius 1 is 0.936 bits per heavy atom. The van der Waals surface area contributed by atoms with Crippen LogP contribution in [-0.4, -0.2) is 37.4 Å². The molecule has 0 aliphatic rings. The number of nitrogens with one attached hydrogen (secondary N) is 4. The third-order valence-electron chi connectivity index (χ3n) is 6.47. The Balaban J connectivity index is 1.39. The minimum absolute atomic E-state index is 0.239. The number of anilines is 4. The van der Waals surface area contributed by atoms with Gasteiger partial charge < -0.3 is 10.1 Å². The van der Waals surface area contributed by atoms with Crippen molar-refractivity contribution in [3.63, 3.8) is 0 Å². The van der Waals surface area contributed by atoms with Crippen molar-refractivity contribution in [2.45, 2.75) is 33.3 Å². The molecule has 0 spiro atoms. The summed E-state index contributed by atoms with van der Waals surface area (Å²) in [5.41, 5.74) is 9.42. The van der Waals surface area contributed by atoms with E-state index in [0.29, 0.717) is 28.4 Å². The summed E-state index contributed by atoms with van der Waals surface area (Å²) >= 11 is 21.8. The SMILES string of the molecule is CC(C)c1ccc2c(Nc3cc(C(=O)NNc4ccc(Br)cc4)ccc3Sc3ccc(NC(=O)OCC(Cl)(Cl)Cl)cc3)ncnc2n1. The third kappa shape index (κ3) is 9.85. The second-order valence-electron chi connectivity index (χ2n) is 10.3. The van der Waals surface area contributed by atoms with Gasteiger partial charge in [0.1, 0.15) is 18.8 Å². The molecule has 0 unspecified atom stereocenters. The Morgan fingerprint density at radius 2 is 1.66 bits per heavy atom. The van der Waals surface area contributed by atoms with Gasteiger partial charge in [-0.1, -0.05) is 76.3 Å². The van der Waals surface area contributed by atoms with E-state index in [2.05, 4.69) is 61.2 Å². The maximum atomic E-state index is 13.2. The van der Waals surface area contributed by atoms with Crippen LogP contribution in [0.15, 0.2) is 99.5 Å². The van der Waals surface area contributed by atoms with Crippen molar-refractivity contribution < 1.29 is 14.3 Å². The number of halogens is 4. The first kappa shape index (κ1) is 34.5. The fraction of sp³-hybridized carbons (Fsp3) is 0.156. The van der Waals surface area contributed by atoms with Crippen LogP contribution in [0.3, 0.4) is 0 Å². The molecule has 4 N–H and O–H groups in total. The van der Waals surface area contributed by atoms with Crippen molar-refractivity contribution in [2.75, 3.05) is 22.7 Å². The molecule has 2 amide bonds. The van der Waals surface area contributed by atoms with E-state index in [1.807, 2.05) is 54.6 Å². The molecule has 10 nitrogen and oxygen atoms in total. The molecule has 0 fully saturated rings. The Hall–Kier alpha value is -3.81. The van der Waals surface area contributed by atoms with Crippen molar-refractivity contribution in [3.8, 4) is 0 Å². The number of hydrogen-bond acceptors (Lipinski definition) is 9. The molecule has 2 aromatic heterocycles. The number of hydrazine groups is 1. The van der Waals surface area contributed by atoms with Gasteiger partial charge in [0.25, 0.3) is 5.91 Å². The second kappa shape index (κ2) is 15.4.